The molecular weight excluding hydrogens is 314 g/mol. The lowest BCUT2D eigenvalue weighted by Gasteiger charge is -2.35. The number of H-pyrrole nitrogens is 1. The van der Waals surface area contributed by atoms with Gasteiger partial charge in [0.2, 0.25) is 5.91 Å². The second-order valence-corrected chi connectivity index (χ2v) is 7.50. The van der Waals surface area contributed by atoms with E-state index in [1.807, 2.05) is 6.92 Å². The summed E-state index contributed by atoms with van der Waals surface area (Å²) in [7, 11) is 0. The summed E-state index contributed by atoms with van der Waals surface area (Å²) >= 11 is 0. The molecule has 2 N–H and O–H groups in total. The molecule has 2 aliphatic heterocycles. The van der Waals surface area contributed by atoms with Crippen LogP contribution >= 0.6 is 0 Å². The van der Waals surface area contributed by atoms with E-state index in [-0.39, 0.29) is 12.0 Å². The second kappa shape index (κ2) is 6.81. The van der Waals surface area contributed by atoms with Gasteiger partial charge in [0.25, 0.3) is 0 Å². The number of aromatic nitrogens is 1. The molecular formula is C20H27N3O2. The Morgan fingerprint density at radius 1 is 1.40 bits per heavy atom. The third kappa shape index (κ3) is 3.44. The summed E-state index contributed by atoms with van der Waals surface area (Å²) in [5.74, 6) is 0.0673. The molecule has 2 aliphatic rings. The molecule has 2 atom stereocenters. The predicted octanol–water partition coefficient (Wildman–Crippen LogP) is 2.31. The molecule has 4 rings (SSSR count). The van der Waals surface area contributed by atoms with Crippen LogP contribution in [0.1, 0.15) is 29.7 Å². The minimum atomic E-state index is 0.0673. The van der Waals surface area contributed by atoms with Gasteiger partial charge in [0.15, 0.2) is 0 Å². The van der Waals surface area contributed by atoms with Crippen LogP contribution < -0.4 is 5.32 Å². The van der Waals surface area contributed by atoms with Crippen LogP contribution in [0.25, 0.3) is 10.9 Å². The first-order valence-corrected chi connectivity index (χ1v) is 9.30. The zero-order valence-corrected chi connectivity index (χ0v) is 15.1. The zero-order chi connectivity index (χ0) is 17.4. The smallest absolute Gasteiger partial charge is 0.224 e. The summed E-state index contributed by atoms with van der Waals surface area (Å²) in [4.78, 5) is 18.4. The topological polar surface area (TPSA) is 57.4 Å². The summed E-state index contributed by atoms with van der Waals surface area (Å²) < 4.78 is 5.92. The van der Waals surface area contributed by atoms with Gasteiger partial charge in [-0.15, -0.1) is 0 Å². The first kappa shape index (κ1) is 16.6. The number of benzene rings is 1. The van der Waals surface area contributed by atoms with Crippen molar-refractivity contribution < 1.29 is 9.53 Å². The van der Waals surface area contributed by atoms with Crippen molar-refractivity contribution in [3.8, 4) is 0 Å². The molecule has 5 nitrogen and oxygen atoms in total. The molecule has 0 radical (unpaired) electrons. The standard InChI is InChI=1S/C20H27N3O2/c1-13-5-6-19-18(8-13)17(14(2)22-19)9-20(24)21-10-16-11-23-7-3-4-15(23)12-25-16/h5-6,8,15-16,22H,3-4,7,9-12H2,1-2H3,(H,21,24)/t15-,16+/m1/s1. The van der Waals surface area contributed by atoms with Crippen molar-refractivity contribution in [3.63, 3.8) is 0 Å². The summed E-state index contributed by atoms with van der Waals surface area (Å²) in [6, 6.07) is 6.93. The number of carbonyl (C=O) groups is 1. The first-order valence-electron chi connectivity index (χ1n) is 9.30. The average molecular weight is 341 g/mol. The number of hydrogen-bond acceptors (Lipinski definition) is 3. The second-order valence-electron chi connectivity index (χ2n) is 7.50. The van der Waals surface area contributed by atoms with Crippen molar-refractivity contribution in [1.29, 1.82) is 0 Å². The van der Waals surface area contributed by atoms with Gasteiger partial charge in [0, 0.05) is 35.7 Å². The van der Waals surface area contributed by atoms with Gasteiger partial charge < -0.3 is 15.0 Å². The summed E-state index contributed by atoms with van der Waals surface area (Å²) in [5, 5.41) is 4.23. The Balaban J connectivity index is 1.36. The van der Waals surface area contributed by atoms with Crippen molar-refractivity contribution in [2.24, 2.45) is 0 Å². The number of rotatable bonds is 4. The number of carbonyl (C=O) groups excluding carboxylic acids is 1. The van der Waals surface area contributed by atoms with Crippen molar-refractivity contribution in [1.82, 2.24) is 15.2 Å². The average Bonchev–Trinajstić information content (AvgIpc) is 3.17. The van der Waals surface area contributed by atoms with Crippen LogP contribution in [0, 0.1) is 13.8 Å². The van der Waals surface area contributed by atoms with E-state index in [0.29, 0.717) is 19.0 Å². The maximum Gasteiger partial charge on any atom is 0.224 e. The Hall–Kier alpha value is -1.85. The quantitative estimate of drug-likeness (QED) is 0.897. The number of ether oxygens (including phenoxy) is 1. The van der Waals surface area contributed by atoms with Gasteiger partial charge in [-0.25, -0.2) is 0 Å². The highest BCUT2D eigenvalue weighted by atomic mass is 16.5. The SMILES string of the molecule is Cc1ccc2[nH]c(C)c(CC(=O)NC[C@H]3CN4CCC[C@@H]4CO3)c2c1. The van der Waals surface area contributed by atoms with E-state index in [2.05, 4.69) is 40.3 Å². The minimum Gasteiger partial charge on any atom is -0.373 e. The van der Waals surface area contributed by atoms with Crippen molar-refractivity contribution in [2.45, 2.75) is 45.3 Å². The maximum absolute atomic E-state index is 12.5. The number of fused-ring (bicyclic) bond motifs is 2. The van der Waals surface area contributed by atoms with E-state index in [4.69, 9.17) is 4.74 Å². The fourth-order valence-electron chi connectivity index (χ4n) is 4.18. The molecule has 1 aromatic heterocycles. The Labute approximate surface area is 148 Å². The van der Waals surface area contributed by atoms with Crippen LogP contribution in [-0.4, -0.2) is 54.2 Å². The van der Waals surface area contributed by atoms with Gasteiger partial charge >= 0.3 is 0 Å². The molecule has 2 aromatic rings. The molecule has 0 saturated carbocycles. The van der Waals surface area contributed by atoms with E-state index in [1.54, 1.807) is 0 Å². The van der Waals surface area contributed by atoms with E-state index in [0.717, 1.165) is 35.3 Å². The van der Waals surface area contributed by atoms with Crippen molar-refractivity contribution in [2.75, 3.05) is 26.2 Å². The molecule has 1 amide bonds. The maximum atomic E-state index is 12.5. The molecule has 25 heavy (non-hydrogen) atoms. The lowest BCUT2D eigenvalue weighted by Crippen LogP contribution is -2.50. The summed E-state index contributed by atoms with van der Waals surface area (Å²) in [6.45, 7) is 7.64. The van der Waals surface area contributed by atoms with Crippen LogP contribution in [0.15, 0.2) is 18.2 Å². The van der Waals surface area contributed by atoms with Gasteiger partial charge in [-0.1, -0.05) is 11.6 Å². The van der Waals surface area contributed by atoms with Crippen LogP contribution in [0.5, 0.6) is 0 Å². The van der Waals surface area contributed by atoms with Crippen LogP contribution in [0.2, 0.25) is 0 Å². The molecule has 0 spiro atoms. The van der Waals surface area contributed by atoms with Crippen LogP contribution in [-0.2, 0) is 16.0 Å². The number of amides is 1. The normalized spacial score (nSPS) is 23.8. The molecule has 0 unspecified atom stereocenters. The molecule has 134 valence electrons. The highest BCUT2D eigenvalue weighted by Gasteiger charge is 2.32. The Bertz CT molecular complexity index is 783. The molecule has 2 fully saturated rings. The molecule has 0 bridgehead atoms. The molecule has 1 aromatic carbocycles. The van der Waals surface area contributed by atoms with Crippen molar-refractivity contribution >= 4 is 16.8 Å². The number of nitrogens with zero attached hydrogens (tertiary/aromatic N) is 1. The van der Waals surface area contributed by atoms with Crippen LogP contribution in [0.4, 0.5) is 0 Å². The number of morpholine rings is 1. The highest BCUT2D eigenvalue weighted by molar-refractivity contribution is 5.90. The van der Waals surface area contributed by atoms with Crippen LogP contribution in [0.3, 0.4) is 0 Å². The predicted molar refractivity (Wildman–Crippen MR) is 98.8 cm³/mol. The summed E-state index contributed by atoms with van der Waals surface area (Å²) in [5.41, 5.74) is 4.48. The van der Waals surface area contributed by atoms with Gasteiger partial charge in [-0.05, 0) is 50.9 Å². The first-order chi connectivity index (χ1) is 12.1. The molecule has 5 heteroatoms. The Morgan fingerprint density at radius 3 is 3.16 bits per heavy atom. The van der Waals surface area contributed by atoms with Gasteiger partial charge in [-0.2, -0.15) is 0 Å². The lowest BCUT2D eigenvalue weighted by atomic mass is 10.1. The van der Waals surface area contributed by atoms with Gasteiger partial charge in [0.05, 0.1) is 19.1 Å². The fraction of sp³-hybridized carbons (Fsp3) is 0.550. The number of aromatic amines is 1. The molecule has 3 heterocycles. The Morgan fingerprint density at radius 2 is 2.28 bits per heavy atom. The van der Waals surface area contributed by atoms with Gasteiger partial charge in [-0.3, -0.25) is 9.69 Å². The largest absolute Gasteiger partial charge is 0.373 e. The van der Waals surface area contributed by atoms with E-state index in [9.17, 15) is 4.79 Å². The van der Waals surface area contributed by atoms with E-state index >= 15 is 0 Å². The third-order valence-corrected chi connectivity index (χ3v) is 5.60. The lowest BCUT2D eigenvalue weighted by molar-refractivity contribution is -0.121. The highest BCUT2D eigenvalue weighted by Crippen LogP contribution is 2.24. The fourth-order valence-corrected chi connectivity index (χ4v) is 4.18. The van der Waals surface area contributed by atoms with E-state index < -0.39 is 0 Å². The number of aryl methyl sites for hydroxylation is 2. The monoisotopic (exact) mass is 341 g/mol. The van der Waals surface area contributed by atoms with Gasteiger partial charge in [0.1, 0.15) is 0 Å². The Kier molecular flexibility index (Phi) is 4.52. The molecule has 2 saturated heterocycles. The minimum absolute atomic E-state index is 0.0673. The molecule has 0 aliphatic carbocycles. The van der Waals surface area contributed by atoms with E-state index in [1.165, 1.54) is 24.9 Å². The summed E-state index contributed by atoms with van der Waals surface area (Å²) in [6.07, 6.45) is 3.04. The number of hydrogen-bond donors (Lipinski definition) is 2. The zero-order valence-electron chi connectivity index (χ0n) is 15.1. The van der Waals surface area contributed by atoms with Crippen molar-refractivity contribution in [3.05, 3.63) is 35.0 Å². The third-order valence-electron chi connectivity index (χ3n) is 5.60. The number of nitrogens with one attached hydrogen (secondary N) is 2.